The minimum Gasteiger partial charge on any atom is -0.350 e. The molecule has 2 aromatic carbocycles. The fourth-order valence-electron chi connectivity index (χ4n) is 6.45. The number of benzene rings is 2. The van der Waals surface area contributed by atoms with E-state index in [2.05, 4.69) is 31.7 Å². The lowest BCUT2D eigenvalue weighted by Crippen LogP contribution is -2.59. The molecule has 5 rings (SSSR count). The van der Waals surface area contributed by atoms with Crippen LogP contribution < -0.4 is 26.6 Å². The third-order valence-electron chi connectivity index (χ3n) is 9.17. The predicted octanol–water partition coefficient (Wildman–Crippen LogP) is 1.27. The molecule has 6 atom stereocenters. The van der Waals surface area contributed by atoms with Crippen LogP contribution in [0.2, 0.25) is 0 Å². The second-order valence-corrected chi connectivity index (χ2v) is 14.4. The monoisotopic (exact) mass is 718 g/mol. The quantitative estimate of drug-likeness (QED) is 0.231. The first-order valence-electron chi connectivity index (χ1n) is 17.2. The number of rotatable bonds is 8. The van der Waals surface area contributed by atoms with Crippen LogP contribution in [-0.4, -0.2) is 98.9 Å². The van der Waals surface area contributed by atoms with Crippen LogP contribution in [0.1, 0.15) is 51.6 Å². The van der Waals surface area contributed by atoms with E-state index in [9.17, 15) is 28.8 Å². The zero-order valence-corrected chi connectivity index (χ0v) is 30.1. The summed E-state index contributed by atoms with van der Waals surface area (Å²) in [5, 5.41) is 19.6. The molecule has 3 heterocycles. The summed E-state index contributed by atoms with van der Waals surface area (Å²) in [4.78, 5) is 83.3. The zero-order valence-electron chi connectivity index (χ0n) is 29.3. The predicted molar refractivity (Wildman–Crippen MR) is 193 cm³/mol. The highest BCUT2D eigenvalue weighted by molar-refractivity contribution is 7.98. The number of hydrogen-bond acceptors (Lipinski definition) is 8. The van der Waals surface area contributed by atoms with E-state index in [0.29, 0.717) is 17.7 Å². The summed E-state index contributed by atoms with van der Waals surface area (Å²) < 4.78 is 1.54. The average Bonchev–Trinajstić information content (AvgIpc) is 3.71. The average molecular weight is 719 g/mol. The Balaban J connectivity index is 1.41. The Hall–Kier alpha value is -4.92. The van der Waals surface area contributed by atoms with Crippen LogP contribution in [0.5, 0.6) is 0 Å². The number of carbonyl (C=O) groups excluding carboxylic acids is 6. The highest BCUT2D eigenvalue weighted by Gasteiger charge is 2.44. The lowest BCUT2D eigenvalue weighted by atomic mass is 10.0. The van der Waals surface area contributed by atoms with Gasteiger partial charge in [-0.2, -0.15) is 16.9 Å². The van der Waals surface area contributed by atoms with E-state index >= 15 is 0 Å². The Morgan fingerprint density at radius 3 is 2.37 bits per heavy atom. The van der Waals surface area contributed by atoms with Gasteiger partial charge in [-0.15, -0.1) is 0 Å². The van der Waals surface area contributed by atoms with Crippen molar-refractivity contribution in [2.45, 2.75) is 82.8 Å². The zero-order chi connectivity index (χ0) is 36.7. The first-order valence-corrected chi connectivity index (χ1v) is 18.6. The van der Waals surface area contributed by atoms with Gasteiger partial charge in [-0.1, -0.05) is 62.4 Å². The molecule has 2 aliphatic rings. The lowest BCUT2D eigenvalue weighted by Gasteiger charge is -2.32. The fraction of sp³-hybridized carbons (Fsp3) is 0.472. The highest BCUT2D eigenvalue weighted by Crippen LogP contribution is 2.23. The van der Waals surface area contributed by atoms with Gasteiger partial charge in [0.25, 0.3) is 0 Å². The van der Waals surface area contributed by atoms with Crippen molar-refractivity contribution in [3.8, 4) is 0 Å². The van der Waals surface area contributed by atoms with Crippen molar-refractivity contribution in [2.75, 3.05) is 18.6 Å². The number of nitrogens with zero attached hydrogens (tertiary/aromatic N) is 3. The number of hydrogen-bond donors (Lipinski definition) is 5. The van der Waals surface area contributed by atoms with Crippen molar-refractivity contribution < 1.29 is 28.8 Å². The number of carbonyl (C=O) groups is 6. The molecule has 15 heteroatoms. The van der Waals surface area contributed by atoms with Gasteiger partial charge in [-0.05, 0) is 49.3 Å². The van der Waals surface area contributed by atoms with Gasteiger partial charge in [-0.25, -0.2) is 0 Å². The molecule has 14 nitrogen and oxygen atoms in total. The molecule has 2 saturated heterocycles. The first-order chi connectivity index (χ1) is 24.4. The van der Waals surface area contributed by atoms with Gasteiger partial charge in [0.2, 0.25) is 35.4 Å². The number of amides is 6. The molecule has 0 saturated carbocycles. The van der Waals surface area contributed by atoms with Gasteiger partial charge in [0.05, 0.1) is 18.0 Å². The second kappa shape index (κ2) is 16.9. The van der Waals surface area contributed by atoms with Gasteiger partial charge in [0, 0.05) is 24.2 Å². The largest absolute Gasteiger partial charge is 0.350 e. The maximum Gasteiger partial charge on any atom is 0.246 e. The highest BCUT2D eigenvalue weighted by atomic mass is 32.2. The molecule has 2 fully saturated rings. The maximum absolute atomic E-state index is 14.2. The number of fused-ring (bicyclic) bond motifs is 2. The number of nitrogens with one attached hydrogen (secondary N) is 5. The molecule has 272 valence electrons. The summed E-state index contributed by atoms with van der Waals surface area (Å²) in [7, 11) is 0. The summed E-state index contributed by atoms with van der Waals surface area (Å²) in [5.41, 5.74) is 1.43. The molecule has 5 N–H and O–H groups in total. The van der Waals surface area contributed by atoms with E-state index in [4.69, 9.17) is 0 Å². The maximum atomic E-state index is 14.2. The van der Waals surface area contributed by atoms with E-state index in [1.54, 1.807) is 44.3 Å². The molecular weight excluding hydrogens is 673 g/mol. The number of thioether (sulfide) groups is 1. The van der Waals surface area contributed by atoms with Gasteiger partial charge >= 0.3 is 0 Å². The minimum atomic E-state index is -1.03. The Labute approximate surface area is 301 Å². The lowest BCUT2D eigenvalue weighted by molar-refractivity contribution is -0.143. The standard InChI is InChI=1S/C36H46N8O6S/c1-21(2)32-36(50)44-19-25(38-31(46)20-43-18-24-12-8-9-13-26(24)42-43)16-29(44)35(49)37-22(3)33(47)40-28(23-10-6-5-7-11-23)17-30(45)39-27(14-15-51-4)34(48)41-32/h5-13,18,21-22,25,27-29,32H,14-17,19-20H2,1-4H3,(H,37,49)(H,38,46)(H,39,45)(H,40,47)(H,41,48)/t22-,25-,27-,28-,29-,32-/m0/s1. The molecule has 0 aliphatic carbocycles. The molecule has 3 aromatic rings. The van der Waals surface area contributed by atoms with Gasteiger partial charge in [-0.3, -0.25) is 33.4 Å². The van der Waals surface area contributed by atoms with E-state index in [0.717, 1.165) is 10.9 Å². The van der Waals surface area contributed by atoms with Crippen molar-refractivity contribution >= 4 is 58.1 Å². The summed E-state index contributed by atoms with van der Waals surface area (Å²) in [6, 6.07) is 11.1. The Kier molecular flexibility index (Phi) is 12.3. The van der Waals surface area contributed by atoms with E-state index in [-0.39, 0.29) is 37.8 Å². The summed E-state index contributed by atoms with van der Waals surface area (Å²) in [5.74, 6) is -2.74. The van der Waals surface area contributed by atoms with Crippen molar-refractivity contribution in [1.29, 1.82) is 0 Å². The minimum absolute atomic E-state index is 0.00608. The Bertz CT molecular complexity index is 1720. The molecule has 0 bridgehead atoms. The molecule has 6 amide bonds. The van der Waals surface area contributed by atoms with Gasteiger partial charge < -0.3 is 31.5 Å². The van der Waals surface area contributed by atoms with Crippen LogP contribution in [0.4, 0.5) is 0 Å². The first kappa shape index (κ1) is 37.3. The molecule has 2 aliphatic heterocycles. The van der Waals surface area contributed by atoms with E-state index in [1.165, 1.54) is 28.3 Å². The van der Waals surface area contributed by atoms with Gasteiger partial charge in [0.15, 0.2) is 0 Å². The molecular formula is C36H46N8O6S. The van der Waals surface area contributed by atoms with Crippen LogP contribution in [-0.2, 0) is 35.3 Å². The topological polar surface area (TPSA) is 184 Å². The van der Waals surface area contributed by atoms with E-state index in [1.807, 2.05) is 36.6 Å². The van der Waals surface area contributed by atoms with Crippen LogP contribution in [0, 0.1) is 5.92 Å². The van der Waals surface area contributed by atoms with Crippen molar-refractivity contribution in [2.24, 2.45) is 5.92 Å². The van der Waals surface area contributed by atoms with Crippen molar-refractivity contribution in [3.63, 3.8) is 0 Å². The summed E-state index contributed by atoms with van der Waals surface area (Å²) in [6.45, 7) is 5.04. The fourth-order valence-corrected chi connectivity index (χ4v) is 6.92. The molecule has 51 heavy (non-hydrogen) atoms. The number of aromatic nitrogens is 2. The molecule has 0 spiro atoms. The van der Waals surface area contributed by atoms with Gasteiger partial charge in [0.1, 0.15) is 30.7 Å². The molecule has 1 aromatic heterocycles. The van der Waals surface area contributed by atoms with Crippen LogP contribution in [0.15, 0.2) is 60.8 Å². The molecule has 0 radical (unpaired) electrons. The Morgan fingerprint density at radius 1 is 0.941 bits per heavy atom. The summed E-state index contributed by atoms with van der Waals surface area (Å²) in [6.07, 6.45) is 3.91. The normalized spacial score (nSPS) is 25.2. The van der Waals surface area contributed by atoms with Crippen LogP contribution in [0.25, 0.3) is 10.9 Å². The summed E-state index contributed by atoms with van der Waals surface area (Å²) >= 11 is 1.52. The van der Waals surface area contributed by atoms with Crippen molar-refractivity contribution in [1.82, 2.24) is 41.3 Å². The Morgan fingerprint density at radius 2 is 1.67 bits per heavy atom. The SMILES string of the molecule is CSCC[C@@H]1NC(=O)C[C@@H](c2ccccc2)NC(=O)[C@H](C)NC(=O)[C@@H]2C[C@H](NC(=O)Cn3cc4ccccc4n3)CN2C(=O)[C@H](C(C)C)NC1=O. The second-order valence-electron chi connectivity index (χ2n) is 13.4. The van der Waals surface area contributed by atoms with E-state index < -0.39 is 65.8 Å². The molecule has 0 unspecified atom stereocenters. The third kappa shape index (κ3) is 9.45. The van der Waals surface area contributed by atoms with Crippen LogP contribution >= 0.6 is 11.8 Å². The van der Waals surface area contributed by atoms with Crippen molar-refractivity contribution in [3.05, 3.63) is 66.4 Å². The van der Waals surface area contributed by atoms with Crippen LogP contribution in [0.3, 0.4) is 0 Å². The third-order valence-corrected chi connectivity index (χ3v) is 9.82. The smallest absolute Gasteiger partial charge is 0.246 e.